The lowest BCUT2D eigenvalue weighted by atomic mass is 10.1. The van der Waals surface area contributed by atoms with Crippen LogP contribution in [0, 0.1) is 0 Å². The van der Waals surface area contributed by atoms with Gasteiger partial charge in [-0.25, -0.2) is 4.98 Å². The number of rotatable bonds is 4. The van der Waals surface area contributed by atoms with Crippen molar-refractivity contribution in [2.45, 2.75) is 25.9 Å². The van der Waals surface area contributed by atoms with Crippen molar-refractivity contribution >= 4 is 22.9 Å². The van der Waals surface area contributed by atoms with E-state index in [2.05, 4.69) is 30.2 Å². The molecule has 1 N–H and O–H groups in total. The van der Waals surface area contributed by atoms with E-state index in [-0.39, 0.29) is 12.1 Å². The Morgan fingerprint density at radius 1 is 1.24 bits per heavy atom. The molecule has 4 heteroatoms. The van der Waals surface area contributed by atoms with Crippen molar-refractivity contribution in [2.75, 3.05) is 0 Å². The highest BCUT2D eigenvalue weighted by Gasteiger charge is 2.14. The second-order valence-electron chi connectivity index (χ2n) is 4.00. The average molecular weight is 267 g/mol. The van der Waals surface area contributed by atoms with Crippen LogP contribution in [0.4, 0.5) is 0 Å². The molecule has 1 heterocycles. The highest BCUT2D eigenvalue weighted by Crippen LogP contribution is 2.25. The summed E-state index contributed by atoms with van der Waals surface area (Å²) >= 11 is 7.84. The van der Waals surface area contributed by atoms with E-state index < -0.39 is 0 Å². The molecule has 0 saturated carbocycles. The van der Waals surface area contributed by atoms with Gasteiger partial charge in [-0.3, -0.25) is 0 Å². The smallest absolute Gasteiger partial charge is 0.109 e. The summed E-state index contributed by atoms with van der Waals surface area (Å²) in [6, 6.07) is 8.37. The topological polar surface area (TPSA) is 24.9 Å². The van der Waals surface area contributed by atoms with Gasteiger partial charge in [-0.1, -0.05) is 29.8 Å². The molecule has 0 aliphatic carbocycles. The Labute approximate surface area is 111 Å². The molecule has 1 unspecified atom stereocenters. The molecule has 0 saturated heterocycles. The minimum absolute atomic E-state index is 0.211. The zero-order chi connectivity index (χ0) is 12.3. The van der Waals surface area contributed by atoms with E-state index in [0.717, 1.165) is 15.6 Å². The van der Waals surface area contributed by atoms with Gasteiger partial charge < -0.3 is 5.32 Å². The van der Waals surface area contributed by atoms with Crippen LogP contribution in [0.15, 0.2) is 35.8 Å². The zero-order valence-electron chi connectivity index (χ0n) is 9.85. The number of benzene rings is 1. The number of nitrogens with one attached hydrogen (secondary N) is 1. The summed E-state index contributed by atoms with van der Waals surface area (Å²) in [5.41, 5.74) is 1.12. The maximum absolute atomic E-state index is 6.17. The van der Waals surface area contributed by atoms with Crippen LogP contribution in [-0.2, 0) is 0 Å². The standard InChI is InChI=1S/C13H15ClN2S/c1-9(11-5-3-4-6-12(11)14)16-10(2)13-15-7-8-17-13/h3-10,16H,1-2H3/t9-,10?/m0/s1. The van der Waals surface area contributed by atoms with Crippen LogP contribution < -0.4 is 5.32 Å². The van der Waals surface area contributed by atoms with E-state index in [1.54, 1.807) is 11.3 Å². The Bertz CT molecular complexity index is 470. The largest absolute Gasteiger partial charge is 0.301 e. The summed E-state index contributed by atoms with van der Waals surface area (Å²) in [7, 11) is 0. The van der Waals surface area contributed by atoms with Gasteiger partial charge in [-0.15, -0.1) is 11.3 Å². The van der Waals surface area contributed by atoms with Crippen LogP contribution in [0.5, 0.6) is 0 Å². The van der Waals surface area contributed by atoms with Crippen molar-refractivity contribution in [3.8, 4) is 0 Å². The quantitative estimate of drug-likeness (QED) is 0.897. The van der Waals surface area contributed by atoms with E-state index >= 15 is 0 Å². The van der Waals surface area contributed by atoms with Crippen molar-refractivity contribution in [2.24, 2.45) is 0 Å². The molecule has 0 bridgehead atoms. The van der Waals surface area contributed by atoms with Crippen molar-refractivity contribution in [3.63, 3.8) is 0 Å². The van der Waals surface area contributed by atoms with Gasteiger partial charge in [0.1, 0.15) is 5.01 Å². The van der Waals surface area contributed by atoms with E-state index in [4.69, 9.17) is 11.6 Å². The predicted molar refractivity (Wildman–Crippen MR) is 73.5 cm³/mol. The minimum Gasteiger partial charge on any atom is -0.301 e. The molecule has 90 valence electrons. The Balaban J connectivity index is 2.07. The summed E-state index contributed by atoms with van der Waals surface area (Å²) in [6.07, 6.45) is 1.83. The van der Waals surface area contributed by atoms with Gasteiger partial charge in [0.15, 0.2) is 0 Å². The third kappa shape index (κ3) is 3.06. The third-order valence-electron chi connectivity index (χ3n) is 2.69. The summed E-state index contributed by atoms with van der Waals surface area (Å²) in [5.74, 6) is 0. The summed E-state index contributed by atoms with van der Waals surface area (Å²) in [5, 5.41) is 7.40. The molecule has 2 rings (SSSR count). The molecule has 2 atom stereocenters. The highest BCUT2D eigenvalue weighted by atomic mass is 35.5. The Morgan fingerprint density at radius 2 is 2.00 bits per heavy atom. The minimum atomic E-state index is 0.211. The molecule has 1 aromatic heterocycles. The SMILES string of the molecule is CC(N[C@@H](C)c1ccccc1Cl)c1nccs1. The predicted octanol–water partition coefficient (Wildman–Crippen LogP) is 4.21. The first-order chi connectivity index (χ1) is 8.18. The molecule has 2 aromatic rings. The van der Waals surface area contributed by atoms with Gasteiger partial charge in [0.25, 0.3) is 0 Å². The van der Waals surface area contributed by atoms with Gasteiger partial charge in [0, 0.05) is 22.6 Å². The monoisotopic (exact) mass is 266 g/mol. The normalized spacial score (nSPS) is 14.5. The lowest BCUT2D eigenvalue weighted by molar-refractivity contribution is 0.493. The molecule has 17 heavy (non-hydrogen) atoms. The van der Waals surface area contributed by atoms with Crippen LogP contribution in [-0.4, -0.2) is 4.98 Å². The maximum atomic E-state index is 6.17. The van der Waals surface area contributed by atoms with Crippen molar-refractivity contribution in [1.29, 1.82) is 0 Å². The fourth-order valence-corrected chi connectivity index (χ4v) is 2.77. The van der Waals surface area contributed by atoms with Gasteiger partial charge in [-0.2, -0.15) is 0 Å². The molecule has 2 nitrogen and oxygen atoms in total. The lowest BCUT2D eigenvalue weighted by Gasteiger charge is -2.19. The van der Waals surface area contributed by atoms with Crippen LogP contribution in [0.1, 0.15) is 36.5 Å². The fraction of sp³-hybridized carbons (Fsp3) is 0.308. The summed E-state index contributed by atoms with van der Waals surface area (Å²) < 4.78 is 0. The molecular formula is C13H15ClN2S. The average Bonchev–Trinajstić information content (AvgIpc) is 2.82. The first-order valence-corrected chi connectivity index (χ1v) is 6.84. The first-order valence-electron chi connectivity index (χ1n) is 5.58. The molecular weight excluding hydrogens is 252 g/mol. The second-order valence-corrected chi connectivity index (χ2v) is 5.34. The fourth-order valence-electron chi connectivity index (χ4n) is 1.81. The van der Waals surface area contributed by atoms with E-state index in [1.165, 1.54) is 0 Å². The number of halogens is 1. The van der Waals surface area contributed by atoms with Gasteiger partial charge >= 0.3 is 0 Å². The number of hydrogen-bond donors (Lipinski definition) is 1. The van der Waals surface area contributed by atoms with E-state index in [0.29, 0.717) is 0 Å². The van der Waals surface area contributed by atoms with Crippen molar-refractivity contribution in [3.05, 3.63) is 51.4 Å². The molecule has 0 aliphatic heterocycles. The lowest BCUT2D eigenvalue weighted by Crippen LogP contribution is -2.22. The number of thiazole rings is 1. The number of hydrogen-bond acceptors (Lipinski definition) is 3. The van der Waals surface area contributed by atoms with Crippen molar-refractivity contribution in [1.82, 2.24) is 10.3 Å². The molecule has 0 spiro atoms. The number of aromatic nitrogens is 1. The zero-order valence-corrected chi connectivity index (χ0v) is 11.4. The third-order valence-corrected chi connectivity index (χ3v) is 4.00. The summed E-state index contributed by atoms with van der Waals surface area (Å²) in [6.45, 7) is 4.23. The maximum Gasteiger partial charge on any atom is 0.109 e. The highest BCUT2D eigenvalue weighted by molar-refractivity contribution is 7.09. The van der Waals surface area contributed by atoms with Crippen LogP contribution in [0.25, 0.3) is 0 Å². The first kappa shape index (κ1) is 12.6. The molecule has 0 amide bonds. The Hall–Kier alpha value is -0.900. The van der Waals surface area contributed by atoms with Gasteiger partial charge in [0.2, 0.25) is 0 Å². The number of nitrogens with zero attached hydrogens (tertiary/aromatic N) is 1. The van der Waals surface area contributed by atoms with Crippen LogP contribution in [0.2, 0.25) is 5.02 Å². The molecule has 0 radical (unpaired) electrons. The van der Waals surface area contributed by atoms with Gasteiger partial charge in [-0.05, 0) is 25.5 Å². The van der Waals surface area contributed by atoms with Crippen molar-refractivity contribution < 1.29 is 0 Å². The summed E-state index contributed by atoms with van der Waals surface area (Å²) in [4.78, 5) is 4.31. The Kier molecular flexibility index (Phi) is 4.15. The Morgan fingerprint density at radius 3 is 2.65 bits per heavy atom. The molecule has 0 fully saturated rings. The second kappa shape index (κ2) is 5.63. The van der Waals surface area contributed by atoms with E-state index in [1.807, 2.05) is 29.8 Å². The van der Waals surface area contributed by atoms with Crippen LogP contribution >= 0.6 is 22.9 Å². The van der Waals surface area contributed by atoms with E-state index in [9.17, 15) is 0 Å². The molecule has 0 aliphatic rings. The van der Waals surface area contributed by atoms with Crippen LogP contribution in [0.3, 0.4) is 0 Å². The molecule has 1 aromatic carbocycles. The van der Waals surface area contributed by atoms with Gasteiger partial charge in [0.05, 0.1) is 6.04 Å².